The van der Waals surface area contributed by atoms with Gasteiger partial charge in [-0.3, -0.25) is 9.69 Å². The summed E-state index contributed by atoms with van der Waals surface area (Å²) in [4.78, 5) is 22.0. The second-order valence-electron chi connectivity index (χ2n) is 9.20. The molecular formula is C25H37N5O4. The third-order valence-electron chi connectivity index (χ3n) is 6.74. The summed E-state index contributed by atoms with van der Waals surface area (Å²) in [7, 11) is 3.20. The molecule has 0 radical (unpaired) electrons. The summed E-state index contributed by atoms with van der Waals surface area (Å²) in [5.74, 6) is 2.51. The van der Waals surface area contributed by atoms with Gasteiger partial charge in [0.1, 0.15) is 0 Å². The second-order valence-corrected chi connectivity index (χ2v) is 9.20. The number of nitrogens with one attached hydrogen (secondary N) is 1. The molecule has 0 aliphatic carbocycles. The highest BCUT2D eigenvalue weighted by molar-refractivity contribution is 5.78. The molecule has 1 aromatic heterocycles. The Morgan fingerprint density at radius 3 is 2.68 bits per heavy atom. The summed E-state index contributed by atoms with van der Waals surface area (Å²) in [5.41, 5.74) is 0.799. The van der Waals surface area contributed by atoms with E-state index in [2.05, 4.69) is 25.3 Å². The topological polar surface area (TPSA) is 93.0 Å². The molecule has 1 atom stereocenters. The van der Waals surface area contributed by atoms with Crippen molar-refractivity contribution in [3.8, 4) is 22.9 Å². The van der Waals surface area contributed by atoms with Gasteiger partial charge in [-0.1, -0.05) is 11.6 Å². The van der Waals surface area contributed by atoms with Gasteiger partial charge in [0.2, 0.25) is 17.6 Å². The van der Waals surface area contributed by atoms with E-state index in [4.69, 9.17) is 14.0 Å². The van der Waals surface area contributed by atoms with Gasteiger partial charge in [-0.2, -0.15) is 4.98 Å². The molecule has 34 heavy (non-hydrogen) atoms. The monoisotopic (exact) mass is 471 g/mol. The average molecular weight is 472 g/mol. The van der Waals surface area contributed by atoms with Crippen molar-refractivity contribution in [1.82, 2.24) is 25.3 Å². The summed E-state index contributed by atoms with van der Waals surface area (Å²) < 4.78 is 16.2. The highest BCUT2D eigenvalue weighted by Crippen LogP contribution is 2.31. The van der Waals surface area contributed by atoms with Crippen molar-refractivity contribution in [2.45, 2.75) is 45.1 Å². The number of likely N-dealkylation sites (tertiary alicyclic amines) is 2. The molecule has 2 saturated heterocycles. The number of nitrogens with zero attached hydrogens (tertiary/aromatic N) is 4. The van der Waals surface area contributed by atoms with Crippen LogP contribution in [0.15, 0.2) is 22.7 Å². The fraction of sp³-hybridized carbons (Fsp3) is 0.640. The first-order valence-corrected chi connectivity index (χ1v) is 12.4. The lowest BCUT2D eigenvalue weighted by atomic mass is 9.97. The number of piperidine rings is 2. The summed E-state index contributed by atoms with van der Waals surface area (Å²) >= 11 is 0. The number of carbonyl (C=O) groups is 1. The highest BCUT2D eigenvalue weighted by Gasteiger charge is 2.27. The molecule has 186 valence electrons. The third kappa shape index (κ3) is 6.48. The van der Waals surface area contributed by atoms with Crippen LogP contribution in [0.25, 0.3) is 11.4 Å². The number of benzene rings is 1. The number of hydrogen-bond acceptors (Lipinski definition) is 8. The maximum atomic E-state index is 12.7. The largest absolute Gasteiger partial charge is 0.493 e. The smallest absolute Gasteiger partial charge is 0.241 e. The van der Waals surface area contributed by atoms with Crippen LogP contribution in [0.3, 0.4) is 0 Å². The maximum absolute atomic E-state index is 12.7. The van der Waals surface area contributed by atoms with E-state index in [1.807, 2.05) is 18.2 Å². The summed E-state index contributed by atoms with van der Waals surface area (Å²) in [5, 5.41) is 7.29. The molecule has 1 N–H and O–H groups in total. The molecule has 9 heteroatoms. The van der Waals surface area contributed by atoms with E-state index in [-0.39, 0.29) is 11.8 Å². The Morgan fingerprint density at radius 1 is 1.09 bits per heavy atom. The van der Waals surface area contributed by atoms with Crippen LogP contribution in [0, 0.1) is 5.92 Å². The van der Waals surface area contributed by atoms with Crippen molar-refractivity contribution in [1.29, 1.82) is 0 Å². The highest BCUT2D eigenvalue weighted by atomic mass is 16.5. The van der Waals surface area contributed by atoms with Gasteiger partial charge in [0.15, 0.2) is 11.5 Å². The number of rotatable bonds is 10. The molecule has 2 aliphatic heterocycles. The van der Waals surface area contributed by atoms with Gasteiger partial charge >= 0.3 is 0 Å². The number of carbonyl (C=O) groups excluding carboxylic acids is 1. The minimum atomic E-state index is 0.0111. The van der Waals surface area contributed by atoms with E-state index in [0.29, 0.717) is 36.3 Å². The quantitative estimate of drug-likeness (QED) is 0.529. The molecule has 3 heterocycles. The Bertz CT molecular complexity index is 928. The molecule has 2 fully saturated rings. The van der Waals surface area contributed by atoms with Crippen LogP contribution in [-0.4, -0.2) is 79.3 Å². The number of hydrogen-bond donors (Lipinski definition) is 1. The zero-order valence-electron chi connectivity index (χ0n) is 20.4. The van der Waals surface area contributed by atoms with E-state index in [9.17, 15) is 4.79 Å². The molecular weight excluding hydrogens is 434 g/mol. The van der Waals surface area contributed by atoms with Gasteiger partial charge in [-0.15, -0.1) is 0 Å². The van der Waals surface area contributed by atoms with Crippen molar-refractivity contribution in [2.24, 2.45) is 5.92 Å². The molecule has 2 aliphatic rings. The Balaban J connectivity index is 1.24. The normalized spacial score (nSPS) is 19.6. The Kier molecular flexibility index (Phi) is 8.76. The summed E-state index contributed by atoms with van der Waals surface area (Å²) in [6.45, 7) is 6.42. The van der Waals surface area contributed by atoms with Crippen molar-refractivity contribution >= 4 is 5.91 Å². The molecule has 1 aromatic carbocycles. The SMILES string of the molecule is COc1ccc(-c2noc(CN3CCCC(C(=O)NCCCN4CCCCC4)C3)n2)cc1OC. The molecule has 0 saturated carbocycles. The van der Waals surface area contributed by atoms with E-state index >= 15 is 0 Å². The van der Waals surface area contributed by atoms with E-state index in [1.165, 1.54) is 32.4 Å². The first-order valence-electron chi connectivity index (χ1n) is 12.4. The lowest BCUT2D eigenvalue weighted by Crippen LogP contribution is -2.43. The minimum absolute atomic E-state index is 0.0111. The Morgan fingerprint density at radius 2 is 1.88 bits per heavy atom. The van der Waals surface area contributed by atoms with Gasteiger partial charge < -0.3 is 24.2 Å². The summed E-state index contributed by atoms with van der Waals surface area (Å²) in [6.07, 6.45) is 6.90. The molecule has 0 bridgehead atoms. The Hall–Kier alpha value is -2.65. The predicted molar refractivity (Wildman–Crippen MR) is 129 cm³/mol. The molecule has 4 rings (SSSR count). The average Bonchev–Trinajstić information content (AvgIpc) is 3.35. The predicted octanol–water partition coefficient (Wildman–Crippen LogP) is 2.96. The first kappa shape index (κ1) is 24.5. The maximum Gasteiger partial charge on any atom is 0.241 e. The van der Waals surface area contributed by atoms with Gasteiger partial charge in [0.25, 0.3) is 0 Å². The van der Waals surface area contributed by atoms with E-state index in [1.54, 1.807) is 14.2 Å². The zero-order chi connectivity index (χ0) is 23.8. The van der Waals surface area contributed by atoms with Crippen LogP contribution in [0.5, 0.6) is 11.5 Å². The second kappa shape index (κ2) is 12.2. The first-order chi connectivity index (χ1) is 16.7. The van der Waals surface area contributed by atoms with Crippen LogP contribution in [0.2, 0.25) is 0 Å². The lowest BCUT2D eigenvalue weighted by molar-refractivity contribution is -0.126. The zero-order valence-corrected chi connectivity index (χ0v) is 20.4. The third-order valence-corrected chi connectivity index (χ3v) is 6.74. The fourth-order valence-corrected chi connectivity index (χ4v) is 4.86. The lowest BCUT2D eigenvalue weighted by Gasteiger charge is -2.31. The number of amides is 1. The van der Waals surface area contributed by atoms with Crippen molar-refractivity contribution in [3.63, 3.8) is 0 Å². The molecule has 0 spiro atoms. The van der Waals surface area contributed by atoms with Crippen molar-refractivity contribution < 1.29 is 18.8 Å². The number of methoxy groups -OCH3 is 2. The molecule has 2 aromatic rings. The van der Waals surface area contributed by atoms with Crippen LogP contribution in [-0.2, 0) is 11.3 Å². The van der Waals surface area contributed by atoms with Gasteiger partial charge in [0, 0.05) is 18.7 Å². The van der Waals surface area contributed by atoms with Crippen molar-refractivity contribution in [3.05, 3.63) is 24.1 Å². The van der Waals surface area contributed by atoms with E-state index in [0.717, 1.165) is 44.5 Å². The molecule has 1 amide bonds. The standard InChI is InChI=1S/C25H37N5O4/c1-32-21-10-9-19(16-22(21)33-2)24-27-23(34-28-24)18-30-14-6-8-20(17-30)25(31)26-11-7-15-29-12-4-3-5-13-29/h9-10,16,20H,3-8,11-15,17-18H2,1-2H3,(H,26,31). The van der Waals surface area contributed by atoms with Gasteiger partial charge in [0.05, 0.1) is 26.7 Å². The number of ether oxygens (including phenoxy) is 2. The van der Waals surface area contributed by atoms with Crippen molar-refractivity contribution in [2.75, 3.05) is 53.5 Å². The van der Waals surface area contributed by atoms with Gasteiger partial charge in [-0.25, -0.2) is 0 Å². The Labute approximate surface area is 201 Å². The molecule has 1 unspecified atom stereocenters. The summed E-state index contributed by atoms with van der Waals surface area (Å²) in [6, 6.07) is 5.53. The van der Waals surface area contributed by atoms with E-state index < -0.39 is 0 Å². The fourth-order valence-electron chi connectivity index (χ4n) is 4.86. The van der Waals surface area contributed by atoms with Gasteiger partial charge in [-0.05, 0) is 76.5 Å². The van der Waals surface area contributed by atoms with Crippen LogP contribution in [0.1, 0.15) is 44.4 Å². The number of aromatic nitrogens is 2. The van der Waals surface area contributed by atoms with Crippen LogP contribution >= 0.6 is 0 Å². The minimum Gasteiger partial charge on any atom is -0.493 e. The molecule has 9 nitrogen and oxygen atoms in total. The van der Waals surface area contributed by atoms with Crippen LogP contribution < -0.4 is 14.8 Å². The van der Waals surface area contributed by atoms with Crippen LogP contribution in [0.4, 0.5) is 0 Å².